The van der Waals surface area contributed by atoms with Crippen LogP contribution in [0.4, 0.5) is 0 Å². The van der Waals surface area contributed by atoms with Crippen molar-refractivity contribution in [3.63, 3.8) is 0 Å². The topological polar surface area (TPSA) is 3.24 Å². The van der Waals surface area contributed by atoms with Gasteiger partial charge in [-0.3, -0.25) is 0 Å². The maximum atomic E-state index is 5.70. The van der Waals surface area contributed by atoms with Crippen molar-refractivity contribution >= 4 is 24.0 Å². The van der Waals surface area contributed by atoms with E-state index in [1.54, 1.807) is 0 Å². The fourth-order valence-corrected chi connectivity index (χ4v) is 0.534. The minimum Gasteiger partial charge on any atom is -0.309 e. The van der Waals surface area contributed by atoms with Gasteiger partial charge in [0.05, 0.1) is 0 Å². The Kier molecular flexibility index (Phi) is 9.05. The highest BCUT2D eigenvalue weighted by Gasteiger charge is 1.95. The number of hydrogen-bond donors (Lipinski definition) is 0. The molecule has 0 aromatic rings. The molecule has 0 aliphatic rings. The molecule has 0 aliphatic carbocycles. The third-order valence-electron chi connectivity index (χ3n) is 0.974. The van der Waals surface area contributed by atoms with Gasteiger partial charge in [0.25, 0.3) is 0 Å². The Morgan fingerprint density at radius 1 is 1.44 bits per heavy atom. The summed E-state index contributed by atoms with van der Waals surface area (Å²) < 4.78 is 0. The molecule has 3 heteroatoms. The van der Waals surface area contributed by atoms with Gasteiger partial charge in [-0.05, 0) is 34.0 Å². The van der Waals surface area contributed by atoms with E-state index < -0.39 is 0 Å². The third kappa shape index (κ3) is 11.9. The summed E-state index contributed by atoms with van der Waals surface area (Å²) in [6.45, 7) is 3.11. The van der Waals surface area contributed by atoms with Crippen molar-refractivity contribution in [3.05, 3.63) is 0 Å². The maximum Gasteiger partial charge on any atom is 0.0320 e. The van der Waals surface area contributed by atoms with Crippen LogP contribution in [0, 0.1) is 0 Å². The van der Waals surface area contributed by atoms with Crippen LogP contribution < -0.4 is 0 Å². The molecule has 58 valence electrons. The van der Waals surface area contributed by atoms with Gasteiger partial charge in [0.15, 0.2) is 0 Å². The molecule has 1 unspecified atom stereocenters. The molecule has 0 radical (unpaired) electrons. The van der Waals surface area contributed by atoms with E-state index in [0.29, 0.717) is 5.38 Å². The average molecular weight is 172 g/mol. The normalized spacial score (nSPS) is 13.0. The van der Waals surface area contributed by atoms with Gasteiger partial charge < -0.3 is 4.90 Å². The molecule has 0 aromatic carbocycles. The molecule has 0 saturated carbocycles. The van der Waals surface area contributed by atoms with Crippen LogP contribution in [-0.2, 0) is 0 Å². The third-order valence-corrected chi connectivity index (χ3v) is 1.19. The van der Waals surface area contributed by atoms with Gasteiger partial charge >= 0.3 is 0 Å². The first-order chi connectivity index (χ1) is 3.63. The summed E-state index contributed by atoms with van der Waals surface area (Å²) in [7, 11) is 4.11. The minimum atomic E-state index is 0. The van der Waals surface area contributed by atoms with Crippen molar-refractivity contribution in [1.82, 2.24) is 4.90 Å². The lowest BCUT2D eigenvalue weighted by Gasteiger charge is -2.09. The fraction of sp³-hybridized carbons (Fsp3) is 1.00. The Labute approximate surface area is 68.8 Å². The van der Waals surface area contributed by atoms with E-state index in [2.05, 4.69) is 19.0 Å². The number of hydrogen-bond acceptors (Lipinski definition) is 1. The maximum absolute atomic E-state index is 5.70. The van der Waals surface area contributed by atoms with Gasteiger partial charge in [-0.1, -0.05) is 0 Å². The van der Waals surface area contributed by atoms with Crippen LogP contribution in [0.2, 0.25) is 0 Å². The van der Waals surface area contributed by atoms with Crippen LogP contribution in [-0.4, -0.2) is 30.9 Å². The van der Waals surface area contributed by atoms with Crippen molar-refractivity contribution < 1.29 is 0 Å². The lowest BCUT2D eigenvalue weighted by Crippen LogP contribution is -2.15. The summed E-state index contributed by atoms with van der Waals surface area (Å²) in [5, 5.41) is 0.317. The molecule has 0 aliphatic heterocycles. The van der Waals surface area contributed by atoms with Crippen LogP contribution in [0.15, 0.2) is 0 Å². The molecule has 9 heavy (non-hydrogen) atoms. The molecule has 1 nitrogen and oxygen atoms in total. The Morgan fingerprint density at radius 3 is 2.00 bits per heavy atom. The van der Waals surface area contributed by atoms with Gasteiger partial charge in [0, 0.05) is 5.38 Å². The number of halogens is 2. The molecular formula is C6H15Cl2N. The zero-order valence-corrected chi connectivity index (χ0v) is 7.80. The van der Waals surface area contributed by atoms with E-state index >= 15 is 0 Å². The molecule has 0 amide bonds. The first kappa shape index (κ1) is 12.2. The largest absolute Gasteiger partial charge is 0.309 e. The van der Waals surface area contributed by atoms with E-state index in [4.69, 9.17) is 11.6 Å². The SMILES string of the molecule is CC(Cl)CCN(C)C.Cl. The second-order valence-electron chi connectivity index (χ2n) is 2.37. The van der Waals surface area contributed by atoms with Crippen molar-refractivity contribution in [2.24, 2.45) is 0 Å². The summed E-state index contributed by atoms with van der Waals surface area (Å²) >= 11 is 5.70. The Hall–Kier alpha value is 0.540. The van der Waals surface area contributed by atoms with Gasteiger partial charge in [-0.2, -0.15) is 0 Å². The summed E-state index contributed by atoms with van der Waals surface area (Å²) in [6, 6.07) is 0. The van der Waals surface area contributed by atoms with Gasteiger partial charge in [-0.25, -0.2) is 0 Å². The zero-order valence-electron chi connectivity index (χ0n) is 6.22. The molecule has 0 fully saturated rings. The van der Waals surface area contributed by atoms with Crippen LogP contribution in [0.25, 0.3) is 0 Å². The van der Waals surface area contributed by atoms with E-state index in [1.807, 2.05) is 6.92 Å². The minimum absolute atomic E-state index is 0. The van der Waals surface area contributed by atoms with Crippen LogP contribution in [0.3, 0.4) is 0 Å². The monoisotopic (exact) mass is 171 g/mol. The Morgan fingerprint density at radius 2 is 1.89 bits per heavy atom. The van der Waals surface area contributed by atoms with E-state index in [0.717, 1.165) is 13.0 Å². The molecule has 0 heterocycles. The van der Waals surface area contributed by atoms with E-state index in [-0.39, 0.29) is 12.4 Å². The quantitative estimate of drug-likeness (QED) is 0.588. The van der Waals surface area contributed by atoms with E-state index in [1.165, 1.54) is 0 Å². The molecule has 0 saturated heterocycles. The number of nitrogens with zero attached hydrogens (tertiary/aromatic N) is 1. The summed E-state index contributed by atoms with van der Waals surface area (Å²) in [6.07, 6.45) is 1.08. The van der Waals surface area contributed by atoms with Crippen LogP contribution in [0.5, 0.6) is 0 Å². The van der Waals surface area contributed by atoms with Crippen molar-refractivity contribution in [2.75, 3.05) is 20.6 Å². The van der Waals surface area contributed by atoms with Crippen LogP contribution >= 0.6 is 24.0 Å². The molecule has 1 atom stereocenters. The predicted octanol–water partition coefficient (Wildman–Crippen LogP) is 1.99. The average Bonchev–Trinajstić information content (AvgIpc) is 1.61. The summed E-state index contributed by atoms with van der Waals surface area (Å²) in [5.41, 5.74) is 0. The highest BCUT2D eigenvalue weighted by molar-refractivity contribution is 6.20. The second kappa shape index (κ2) is 6.66. The van der Waals surface area contributed by atoms with Crippen molar-refractivity contribution in [3.8, 4) is 0 Å². The summed E-state index contributed by atoms with van der Waals surface area (Å²) in [4.78, 5) is 2.14. The first-order valence-corrected chi connectivity index (χ1v) is 3.35. The molecule has 0 N–H and O–H groups in total. The lowest BCUT2D eigenvalue weighted by molar-refractivity contribution is 0.399. The molecule has 0 rings (SSSR count). The lowest BCUT2D eigenvalue weighted by atomic mass is 10.3. The Bertz CT molecular complexity index is 47.0. The smallest absolute Gasteiger partial charge is 0.0320 e. The molecule has 0 aromatic heterocycles. The second-order valence-corrected chi connectivity index (χ2v) is 3.12. The van der Waals surface area contributed by atoms with Gasteiger partial charge in [-0.15, -0.1) is 24.0 Å². The number of alkyl halides is 1. The number of rotatable bonds is 3. The molecular weight excluding hydrogens is 157 g/mol. The summed E-state index contributed by atoms with van der Waals surface area (Å²) in [5.74, 6) is 0. The standard InChI is InChI=1S/C6H14ClN.ClH/c1-6(7)4-5-8(2)3;/h6H,4-5H2,1-3H3;1H. The highest BCUT2D eigenvalue weighted by Crippen LogP contribution is 1.98. The van der Waals surface area contributed by atoms with E-state index in [9.17, 15) is 0 Å². The Balaban J connectivity index is 0. The predicted molar refractivity (Wildman–Crippen MR) is 45.7 cm³/mol. The first-order valence-electron chi connectivity index (χ1n) is 2.91. The highest BCUT2D eigenvalue weighted by atomic mass is 35.5. The van der Waals surface area contributed by atoms with Crippen molar-refractivity contribution in [1.29, 1.82) is 0 Å². The molecule has 0 spiro atoms. The van der Waals surface area contributed by atoms with Crippen LogP contribution in [0.1, 0.15) is 13.3 Å². The molecule has 0 bridgehead atoms. The van der Waals surface area contributed by atoms with Gasteiger partial charge in [0.1, 0.15) is 0 Å². The fourth-order valence-electron chi connectivity index (χ4n) is 0.436. The van der Waals surface area contributed by atoms with Crippen molar-refractivity contribution in [2.45, 2.75) is 18.7 Å². The zero-order chi connectivity index (χ0) is 6.57. The van der Waals surface area contributed by atoms with Gasteiger partial charge in [0.2, 0.25) is 0 Å².